The first kappa shape index (κ1) is 10.3. The van der Waals surface area contributed by atoms with Gasteiger partial charge in [-0.2, -0.15) is 0 Å². The van der Waals surface area contributed by atoms with E-state index in [2.05, 4.69) is 0 Å². The molecule has 1 unspecified atom stereocenters. The zero-order valence-corrected chi connectivity index (χ0v) is 8.23. The topological polar surface area (TPSA) is 40.5 Å². The maximum Gasteiger partial charge on any atom is 0.249 e. The molecule has 0 heterocycles. The van der Waals surface area contributed by atoms with Gasteiger partial charge >= 0.3 is 0 Å². The summed E-state index contributed by atoms with van der Waals surface area (Å²) >= 11 is 0. The Morgan fingerprint density at radius 2 is 2.31 bits per heavy atom. The van der Waals surface area contributed by atoms with E-state index in [0.29, 0.717) is 0 Å². The summed E-state index contributed by atoms with van der Waals surface area (Å²) in [5.41, 5.74) is 0. The molecule has 1 aliphatic rings. The van der Waals surface area contributed by atoms with Gasteiger partial charge < -0.3 is 0 Å². The first-order chi connectivity index (χ1) is 6.13. The van der Waals surface area contributed by atoms with E-state index in [9.17, 15) is 10.0 Å². The van der Waals surface area contributed by atoms with Gasteiger partial charge in [-0.3, -0.25) is 10.0 Å². The summed E-state index contributed by atoms with van der Waals surface area (Å²) in [6.07, 6.45) is 6.89. The summed E-state index contributed by atoms with van der Waals surface area (Å²) in [6.45, 7) is 3.58. The van der Waals surface area contributed by atoms with Crippen LogP contribution in [0.2, 0.25) is 0 Å². The Balaban J connectivity index is 2.55. The quantitative estimate of drug-likeness (QED) is 0.404. The molecule has 0 aromatic carbocycles. The molecule has 0 spiro atoms. The fraction of sp³-hybridized carbons (Fsp3) is 0.700. The molecule has 3 nitrogen and oxygen atoms in total. The molecular formula is C10H17NO2. The van der Waals surface area contributed by atoms with Gasteiger partial charge in [-0.1, -0.05) is 26.0 Å². The lowest BCUT2D eigenvalue weighted by molar-refractivity contribution is -0.176. The number of allylic oxidation sites excluding steroid dienone is 1. The summed E-state index contributed by atoms with van der Waals surface area (Å²) < 4.78 is 0. The first-order valence-electron chi connectivity index (χ1n) is 4.81. The maximum atomic E-state index is 11.4. The number of amides is 1. The minimum atomic E-state index is -0.198. The molecule has 0 aliphatic heterocycles. The molecule has 13 heavy (non-hydrogen) atoms. The van der Waals surface area contributed by atoms with E-state index in [1.54, 1.807) is 13.8 Å². The molecule has 0 radical (unpaired) electrons. The fourth-order valence-corrected chi connectivity index (χ4v) is 1.43. The summed E-state index contributed by atoms with van der Waals surface area (Å²) in [5, 5.41) is 10.4. The van der Waals surface area contributed by atoms with Crippen LogP contribution < -0.4 is 0 Å². The first-order valence-corrected chi connectivity index (χ1v) is 4.81. The van der Waals surface area contributed by atoms with Crippen molar-refractivity contribution in [1.82, 2.24) is 5.06 Å². The third kappa shape index (κ3) is 2.56. The second-order valence-corrected chi connectivity index (χ2v) is 3.76. The van der Waals surface area contributed by atoms with E-state index in [-0.39, 0.29) is 17.9 Å². The van der Waals surface area contributed by atoms with Crippen molar-refractivity contribution in [2.24, 2.45) is 5.92 Å². The highest BCUT2D eigenvalue weighted by atomic mass is 16.5. The zero-order valence-electron chi connectivity index (χ0n) is 8.23. The highest BCUT2D eigenvalue weighted by molar-refractivity contribution is 5.77. The average molecular weight is 183 g/mol. The SMILES string of the molecule is CC(C)C(=O)N(O)C1C=CCCC1. The molecule has 1 rings (SSSR count). The third-order valence-electron chi connectivity index (χ3n) is 2.26. The maximum absolute atomic E-state index is 11.4. The second-order valence-electron chi connectivity index (χ2n) is 3.76. The van der Waals surface area contributed by atoms with Crippen molar-refractivity contribution in [1.29, 1.82) is 0 Å². The van der Waals surface area contributed by atoms with Crippen LogP contribution in [-0.2, 0) is 4.79 Å². The van der Waals surface area contributed by atoms with Crippen molar-refractivity contribution < 1.29 is 10.0 Å². The molecule has 0 aromatic heterocycles. The molecule has 1 amide bonds. The van der Waals surface area contributed by atoms with Gasteiger partial charge in [-0.25, -0.2) is 5.06 Å². The van der Waals surface area contributed by atoms with Crippen LogP contribution in [0.15, 0.2) is 12.2 Å². The van der Waals surface area contributed by atoms with Crippen molar-refractivity contribution in [2.45, 2.75) is 39.2 Å². The molecule has 1 N–H and O–H groups in total. The van der Waals surface area contributed by atoms with E-state index in [1.807, 2.05) is 12.2 Å². The Morgan fingerprint density at radius 3 is 2.77 bits per heavy atom. The minimum Gasteiger partial charge on any atom is -0.285 e. The lowest BCUT2D eigenvalue weighted by atomic mass is 10.0. The van der Waals surface area contributed by atoms with Crippen LogP contribution in [0.3, 0.4) is 0 Å². The number of hydrogen-bond donors (Lipinski definition) is 1. The lowest BCUT2D eigenvalue weighted by Crippen LogP contribution is -2.39. The number of carbonyl (C=O) groups is 1. The largest absolute Gasteiger partial charge is 0.285 e. The summed E-state index contributed by atoms with van der Waals surface area (Å²) in [6, 6.07) is -0.108. The monoisotopic (exact) mass is 183 g/mol. The molecule has 3 heteroatoms. The van der Waals surface area contributed by atoms with E-state index >= 15 is 0 Å². The van der Waals surface area contributed by atoms with Crippen LogP contribution in [0, 0.1) is 5.92 Å². The summed E-state index contributed by atoms with van der Waals surface area (Å²) in [4.78, 5) is 11.4. The Hall–Kier alpha value is -0.830. The third-order valence-corrected chi connectivity index (χ3v) is 2.26. The molecule has 1 atom stereocenters. The van der Waals surface area contributed by atoms with E-state index < -0.39 is 0 Å². The number of carbonyl (C=O) groups excluding carboxylic acids is 1. The average Bonchev–Trinajstić information content (AvgIpc) is 2.17. The minimum absolute atomic E-state index is 0.108. The van der Waals surface area contributed by atoms with Crippen molar-refractivity contribution in [3.63, 3.8) is 0 Å². The van der Waals surface area contributed by atoms with Gasteiger partial charge in [0, 0.05) is 5.92 Å². The molecule has 0 fully saturated rings. The molecule has 0 saturated carbocycles. The van der Waals surface area contributed by atoms with Gasteiger partial charge in [0.2, 0.25) is 5.91 Å². The van der Waals surface area contributed by atoms with Gasteiger partial charge in [-0.15, -0.1) is 0 Å². The highest BCUT2D eigenvalue weighted by Gasteiger charge is 2.22. The van der Waals surface area contributed by atoms with Crippen LogP contribution >= 0.6 is 0 Å². The van der Waals surface area contributed by atoms with E-state index in [1.165, 1.54) is 0 Å². The standard InChI is InChI=1S/C10H17NO2/c1-8(2)10(12)11(13)9-6-4-3-5-7-9/h4,6,8-9,13H,3,5,7H2,1-2H3. The summed E-state index contributed by atoms with van der Waals surface area (Å²) in [7, 11) is 0. The van der Waals surface area contributed by atoms with Crippen LogP contribution in [0.25, 0.3) is 0 Å². The van der Waals surface area contributed by atoms with Crippen LogP contribution in [0.1, 0.15) is 33.1 Å². The predicted molar refractivity (Wildman–Crippen MR) is 50.2 cm³/mol. The van der Waals surface area contributed by atoms with Crippen LogP contribution in [0.5, 0.6) is 0 Å². The van der Waals surface area contributed by atoms with Crippen molar-refractivity contribution in [2.75, 3.05) is 0 Å². The Kier molecular flexibility index (Phi) is 3.48. The normalized spacial score (nSPS) is 22.0. The van der Waals surface area contributed by atoms with E-state index in [4.69, 9.17) is 0 Å². The zero-order chi connectivity index (χ0) is 9.84. The van der Waals surface area contributed by atoms with Gasteiger partial charge in [0.15, 0.2) is 0 Å². The number of hydrogen-bond acceptors (Lipinski definition) is 2. The predicted octanol–water partition coefficient (Wildman–Crippen LogP) is 1.97. The number of rotatable bonds is 2. The smallest absolute Gasteiger partial charge is 0.249 e. The number of nitrogens with zero attached hydrogens (tertiary/aromatic N) is 1. The lowest BCUT2D eigenvalue weighted by Gasteiger charge is -2.26. The Labute approximate surface area is 79.0 Å². The molecule has 0 aromatic rings. The molecule has 1 aliphatic carbocycles. The fourth-order valence-electron chi connectivity index (χ4n) is 1.43. The van der Waals surface area contributed by atoms with Gasteiger partial charge in [0.1, 0.15) is 0 Å². The Bertz CT molecular complexity index is 211. The molecule has 74 valence electrons. The molecule has 0 bridgehead atoms. The number of hydroxylamine groups is 2. The van der Waals surface area contributed by atoms with Crippen molar-refractivity contribution >= 4 is 5.91 Å². The van der Waals surface area contributed by atoms with Gasteiger partial charge in [0.05, 0.1) is 6.04 Å². The molecular weight excluding hydrogens is 166 g/mol. The highest BCUT2D eigenvalue weighted by Crippen LogP contribution is 2.16. The van der Waals surface area contributed by atoms with Crippen LogP contribution in [0.4, 0.5) is 0 Å². The van der Waals surface area contributed by atoms with Crippen molar-refractivity contribution in [3.05, 3.63) is 12.2 Å². The Morgan fingerprint density at radius 1 is 1.62 bits per heavy atom. The summed E-state index contributed by atoms with van der Waals surface area (Å²) in [5.74, 6) is -0.336. The van der Waals surface area contributed by atoms with Gasteiger partial charge in [0.25, 0.3) is 0 Å². The molecule has 0 saturated heterocycles. The van der Waals surface area contributed by atoms with Crippen molar-refractivity contribution in [3.8, 4) is 0 Å². The van der Waals surface area contributed by atoms with Crippen LogP contribution in [-0.4, -0.2) is 22.2 Å². The van der Waals surface area contributed by atoms with Gasteiger partial charge in [-0.05, 0) is 19.3 Å². The van der Waals surface area contributed by atoms with E-state index in [0.717, 1.165) is 24.3 Å². The second kappa shape index (κ2) is 4.42.